The standard InChI is InChI=1S/C14H18N2O4/c1-8-4-5-11-12(6-8)20-7-10(14(19)16(11)3)15-13(18)9(2)17/h4-6,9-10,17H,7H2,1-3H3,(H,15,18). The van der Waals surface area contributed by atoms with Gasteiger partial charge < -0.3 is 20.1 Å². The van der Waals surface area contributed by atoms with Gasteiger partial charge in [0.2, 0.25) is 5.91 Å². The Kier molecular flexibility index (Phi) is 3.94. The minimum Gasteiger partial charge on any atom is -0.489 e. The number of amides is 2. The van der Waals surface area contributed by atoms with Crippen LogP contribution in [0.25, 0.3) is 0 Å². The summed E-state index contributed by atoms with van der Waals surface area (Å²) in [6, 6.07) is 4.73. The van der Waals surface area contributed by atoms with Crippen LogP contribution in [-0.4, -0.2) is 42.7 Å². The third-order valence-electron chi connectivity index (χ3n) is 3.21. The summed E-state index contributed by atoms with van der Waals surface area (Å²) in [6.45, 7) is 3.32. The summed E-state index contributed by atoms with van der Waals surface area (Å²) < 4.78 is 5.60. The fraction of sp³-hybridized carbons (Fsp3) is 0.429. The second-order valence-electron chi connectivity index (χ2n) is 4.92. The van der Waals surface area contributed by atoms with Gasteiger partial charge in [-0.25, -0.2) is 0 Å². The summed E-state index contributed by atoms with van der Waals surface area (Å²) in [6.07, 6.45) is -1.17. The molecule has 2 amide bonds. The number of carbonyl (C=O) groups is 2. The van der Waals surface area contributed by atoms with Crippen LogP contribution in [0.4, 0.5) is 5.69 Å². The van der Waals surface area contributed by atoms with Gasteiger partial charge in [0.15, 0.2) is 0 Å². The zero-order chi connectivity index (χ0) is 14.9. The number of ether oxygens (including phenoxy) is 1. The topological polar surface area (TPSA) is 78.9 Å². The number of anilines is 1. The maximum atomic E-state index is 12.3. The molecule has 1 aliphatic heterocycles. The number of hydrogen-bond donors (Lipinski definition) is 2. The van der Waals surface area contributed by atoms with Crippen LogP contribution >= 0.6 is 0 Å². The molecular formula is C14H18N2O4. The van der Waals surface area contributed by atoms with Crippen molar-refractivity contribution in [1.82, 2.24) is 5.32 Å². The number of carbonyl (C=O) groups excluding carboxylic acids is 2. The van der Waals surface area contributed by atoms with Gasteiger partial charge in [-0.05, 0) is 31.5 Å². The molecule has 2 rings (SSSR count). The van der Waals surface area contributed by atoms with Crippen LogP contribution < -0.4 is 15.0 Å². The van der Waals surface area contributed by atoms with Gasteiger partial charge >= 0.3 is 0 Å². The number of aryl methyl sites for hydroxylation is 1. The molecule has 0 aliphatic carbocycles. The van der Waals surface area contributed by atoms with E-state index >= 15 is 0 Å². The van der Waals surface area contributed by atoms with E-state index < -0.39 is 18.1 Å². The van der Waals surface area contributed by atoms with E-state index in [1.165, 1.54) is 11.8 Å². The Morgan fingerprint density at radius 1 is 1.55 bits per heavy atom. The number of likely N-dealkylation sites (N-methyl/N-ethyl adjacent to an activating group) is 1. The molecular weight excluding hydrogens is 260 g/mol. The lowest BCUT2D eigenvalue weighted by Crippen LogP contribution is -2.51. The first kappa shape index (κ1) is 14.3. The van der Waals surface area contributed by atoms with Crippen molar-refractivity contribution in [2.45, 2.75) is 26.0 Å². The van der Waals surface area contributed by atoms with Crippen LogP contribution in [0.2, 0.25) is 0 Å². The lowest BCUT2D eigenvalue weighted by molar-refractivity contribution is -0.132. The fourth-order valence-electron chi connectivity index (χ4n) is 2.01. The summed E-state index contributed by atoms with van der Waals surface area (Å²) in [5.74, 6) is -0.265. The molecule has 1 aromatic rings. The third-order valence-corrected chi connectivity index (χ3v) is 3.21. The van der Waals surface area contributed by atoms with Gasteiger partial charge in [0.05, 0.1) is 5.69 Å². The Morgan fingerprint density at radius 3 is 2.90 bits per heavy atom. The zero-order valence-electron chi connectivity index (χ0n) is 11.7. The van der Waals surface area contributed by atoms with E-state index in [2.05, 4.69) is 5.32 Å². The van der Waals surface area contributed by atoms with E-state index in [-0.39, 0.29) is 12.5 Å². The van der Waals surface area contributed by atoms with Crippen LogP contribution in [0.15, 0.2) is 18.2 Å². The Bertz CT molecular complexity index is 542. The summed E-state index contributed by atoms with van der Waals surface area (Å²) in [5.41, 5.74) is 1.69. The molecule has 2 N–H and O–H groups in total. The highest BCUT2D eigenvalue weighted by Crippen LogP contribution is 2.31. The van der Waals surface area contributed by atoms with E-state index in [1.54, 1.807) is 13.1 Å². The minimum absolute atomic E-state index is 0.0398. The summed E-state index contributed by atoms with van der Waals surface area (Å²) in [7, 11) is 1.63. The molecule has 108 valence electrons. The van der Waals surface area contributed by atoms with E-state index in [0.717, 1.165) is 5.56 Å². The average molecular weight is 278 g/mol. The van der Waals surface area contributed by atoms with Crippen LogP contribution in [0.1, 0.15) is 12.5 Å². The summed E-state index contributed by atoms with van der Waals surface area (Å²) in [5, 5.41) is 11.7. The quantitative estimate of drug-likeness (QED) is 0.811. The van der Waals surface area contributed by atoms with E-state index in [4.69, 9.17) is 4.74 Å². The van der Waals surface area contributed by atoms with Gasteiger partial charge in [-0.1, -0.05) is 6.07 Å². The van der Waals surface area contributed by atoms with Crippen molar-refractivity contribution in [1.29, 1.82) is 0 Å². The highest BCUT2D eigenvalue weighted by atomic mass is 16.5. The first-order chi connectivity index (χ1) is 9.40. The van der Waals surface area contributed by atoms with Crippen LogP contribution in [-0.2, 0) is 9.59 Å². The molecule has 0 aromatic heterocycles. The third kappa shape index (κ3) is 2.75. The van der Waals surface area contributed by atoms with E-state index in [0.29, 0.717) is 11.4 Å². The maximum Gasteiger partial charge on any atom is 0.252 e. The number of rotatable bonds is 2. The molecule has 2 unspecified atom stereocenters. The lowest BCUT2D eigenvalue weighted by Gasteiger charge is -2.20. The second-order valence-corrected chi connectivity index (χ2v) is 4.92. The molecule has 2 atom stereocenters. The molecule has 6 nitrogen and oxygen atoms in total. The van der Waals surface area contributed by atoms with E-state index in [9.17, 15) is 14.7 Å². The number of aliphatic hydroxyl groups excluding tert-OH is 1. The predicted octanol–water partition coefficient (Wildman–Crippen LogP) is 0.216. The second kappa shape index (κ2) is 5.50. The van der Waals surface area contributed by atoms with Crippen LogP contribution in [0, 0.1) is 6.92 Å². The molecule has 0 saturated heterocycles. The first-order valence-electron chi connectivity index (χ1n) is 6.39. The molecule has 0 bridgehead atoms. The number of fused-ring (bicyclic) bond motifs is 1. The average Bonchev–Trinajstić information content (AvgIpc) is 2.51. The summed E-state index contributed by atoms with van der Waals surface area (Å²) >= 11 is 0. The Labute approximate surface area is 117 Å². The van der Waals surface area contributed by atoms with Crippen molar-refractivity contribution in [3.8, 4) is 5.75 Å². The van der Waals surface area contributed by atoms with Gasteiger partial charge in [-0.15, -0.1) is 0 Å². The van der Waals surface area contributed by atoms with Crippen LogP contribution in [0.5, 0.6) is 5.75 Å². The first-order valence-corrected chi connectivity index (χ1v) is 6.39. The fourth-order valence-corrected chi connectivity index (χ4v) is 2.01. The van der Waals surface area contributed by atoms with Gasteiger partial charge in [0.25, 0.3) is 5.91 Å². The number of nitrogens with zero attached hydrogens (tertiary/aromatic N) is 1. The monoisotopic (exact) mass is 278 g/mol. The predicted molar refractivity (Wildman–Crippen MR) is 73.7 cm³/mol. The largest absolute Gasteiger partial charge is 0.489 e. The molecule has 6 heteroatoms. The smallest absolute Gasteiger partial charge is 0.252 e. The molecule has 1 heterocycles. The Hall–Kier alpha value is -2.08. The summed E-state index contributed by atoms with van der Waals surface area (Å²) in [4.78, 5) is 25.3. The number of aliphatic hydroxyl groups is 1. The Morgan fingerprint density at radius 2 is 2.25 bits per heavy atom. The van der Waals surface area contributed by atoms with Crippen molar-refractivity contribution in [2.75, 3.05) is 18.6 Å². The molecule has 1 aliphatic rings. The molecule has 0 fully saturated rings. The number of benzene rings is 1. The van der Waals surface area contributed by atoms with Crippen LogP contribution in [0.3, 0.4) is 0 Å². The molecule has 0 radical (unpaired) electrons. The SMILES string of the molecule is Cc1ccc2c(c1)OCC(NC(=O)C(C)O)C(=O)N2C. The Balaban J connectivity index is 2.24. The highest BCUT2D eigenvalue weighted by molar-refractivity contribution is 6.00. The molecule has 0 spiro atoms. The normalized spacial score (nSPS) is 19.7. The molecule has 1 aromatic carbocycles. The lowest BCUT2D eigenvalue weighted by atomic mass is 10.2. The van der Waals surface area contributed by atoms with Crippen molar-refractivity contribution < 1.29 is 19.4 Å². The van der Waals surface area contributed by atoms with Crippen molar-refractivity contribution in [3.05, 3.63) is 23.8 Å². The highest BCUT2D eigenvalue weighted by Gasteiger charge is 2.31. The maximum absolute atomic E-state index is 12.3. The van der Waals surface area contributed by atoms with E-state index in [1.807, 2.05) is 19.1 Å². The van der Waals surface area contributed by atoms with Crippen molar-refractivity contribution in [2.24, 2.45) is 0 Å². The zero-order valence-corrected chi connectivity index (χ0v) is 11.7. The van der Waals surface area contributed by atoms with Gasteiger partial charge in [0, 0.05) is 7.05 Å². The van der Waals surface area contributed by atoms with Gasteiger partial charge in [-0.2, -0.15) is 0 Å². The molecule has 20 heavy (non-hydrogen) atoms. The van der Waals surface area contributed by atoms with Crippen molar-refractivity contribution >= 4 is 17.5 Å². The number of nitrogens with one attached hydrogen (secondary N) is 1. The number of hydrogen-bond acceptors (Lipinski definition) is 4. The van der Waals surface area contributed by atoms with Gasteiger partial charge in [-0.3, -0.25) is 9.59 Å². The van der Waals surface area contributed by atoms with Crippen molar-refractivity contribution in [3.63, 3.8) is 0 Å². The molecule has 0 saturated carbocycles. The van der Waals surface area contributed by atoms with Gasteiger partial charge in [0.1, 0.15) is 24.5 Å². The minimum atomic E-state index is -1.17.